The summed E-state index contributed by atoms with van der Waals surface area (Å²) >= 11 is 0. The predicted octanol–water partition coefficient (Wildman–Crippen LogP) is 4.18. The van der Waals surface area contributed by atoms with Crippen molar-refractivity contribution in [3.63, 3.8) is 0 Å². The lowest BCUT2D eigenvalue weighted by Crippen LogP contribution is -2.29. The van der Waals surface area contributed by atoms with Crippen LogP contribution in [-0.2, 0) is 11.3 Å². The maximum absolute atomic E-state index is 12.6. The Morgan fingerprint density at radius 1 is 1.13 bits per heavy atom. The molecule has 0 aliphatic carbocycles. The molecule has 0 radical (unpaired) electrons. The van der Waals surface area contributed by atoms with Gasteiger partial charge in [-0.25, -0.2) is 9.37 Å². The molecule has 0 saturated heterocycles. The minimum atomic E-state index is -0.622. The van der Waals surface area contributed by atoms with Crippen LogP contribution in [0.4, 0.5) is 10.1 Å². The molecule has 2 aromatic carbocycles. The van der Waals surface area contributed by atoms with Gasteiger partial charge in [-0.1, -0.05) is 18.2 Å². The van der Waals surface area contributed by atoms with Crippen LogP contribution >= 0.6 is 0 Å². The normalized spacial score (nSPS) is 10.4. The van der Waals surface area contributed by atoms with Gasteiger partial charge in [-0.2, -0.15) is 4.98 Å². The number of alkyl halides is 1. The first-order valence-electron chi connectivity index (χ1n) is 9.29. The Bertz CT molecular complexity index is 985. The second-order valence-corrected chi connectivity index (χ2v) is 6.24. The molecule has 3 rings (SSSR count). The van der Waals surface area contributed by atoms with E-state index in [9.17, 15) is 9.18 Å². The van der Waals surface area contributed by atoms with Crippen molar-refractivity contribution in [1.82, 2.24) is 9.97 Å². The van der Waals surface area contributed by atoms with Crippen LogP contribution in [0.15, 0.2) is 61.1 Å². The van der Waals surface area contributed by atoms with Gasteiger partial charge in [-0.15, -0.1) is 0 Å². The summed E-state index contributed by atoms with van der Waals surface area (Å²) in [5.74, 6) is 1.62. The van der Waals surface area contributed by atoms with E-state index in [0.717, 1.165) is 0 Å². The number of benzene rings is 2. The average Bonchev–Trinajstić information content (AvgIpc) is 2.77. The van der Waals surface area contributed by atoms with Gasteiger partial charge in [0.25, 0.3) is 0 Å². The lowest BCUT2D eigenvalue weighted by Gasteiger charge is -2.24. The number of methoxy groups -OCH3 is 1. The Labute approximate surface area is 174 Å². The molecule has 0 unspecified atom stereocenters. The Hall–Kier alpha value is -3.68. The summed E-state index contributed by atoms with van der Waals surface area (Å²) in [4.78, 5) is 22.2. The number of nitrogens with zero attached hydrogens (tertiary/aromatic N) is 3. The van der Waals surface area contributed by atoms with Crippen LogP contribution in [0.2, 0.25) is 0 Å². The molecule has 0 bridgehead atoms. The van der Waals surface area contributed by atoms with Gasteiger partial charge in [0.05, 0.1) is 19.9 Å². The minimum absolute atomic E-state index is 0.0871. The molecular weight excluding hydrogens is 389 g/mol. The number of carbonyl (C=O) groups excluding carboxylic acids is 1. The fourth-order valence-corrected chi connectivity index (χ4v) is 2.81. The number of amides is 1. The molecule has 0 aliphatic rings. The molecule has 1 aromatic heterocycles. The Morgan fingerprint density at radius 3 is 2.63 bits per heavy atom. The van der Waals surface area contributed by atoms with Crippen molar-refractivity contribution in [2.45, 2.75) is 13.5 Å². The Kier molecular flexibility index (Phi) is 7.15. The predicted molar refractivity (Wildman–Crippen MR) is 110 cm³/mol. The summed E-state index contributed by atoms with van der Waals surface area (Å²) in [6.45, 7) is 0.855. The molecule has 1 heterocycles. The number of ether oxygens (including phenoxy) is 3. The lowest BCUT2D eigenvalue weighted by atomic mass is 10.1. The summed E-state index contributed by atoms with van der Waals surface area (Å²) < 4.78 is 29.3. The highest BCUT2D eigenvalue weighted by Gasteiger charge is 2.21. The molecule has 7 nitrogen and oxygen atoms in total. The van der Waals surface area contributed by atoms with E-state index in [1.54, 1.807) is 37.4 Å². The first-order valence-corrected chi connectivity index (χ1v) is 9.29. The van der Waals surface area contributed by atoms with E-state index >= 15 is 0 Å². The molecule has 0 spiro atoms. The van der Waals surface area contributed by atoms with Crippen LogP contribution in [0.25, 0.3) is 0 Å². The molecule has 3 aromatic rings. The third-order valence-electron chi connectivity index (χ3n) is 4.22. The number of rotatable bonds is 9. The number of hydrogen-bond acceptors (Lipinski definition) is 6. The maximum Gasteiger partial charge on any atom is 0.246 e. The first kappa shape index (κ1) is 21.0. The summed E-state index contributed by atoms with van der Waals surface area (Å²) in [7, 11) is 1.54. The second kappa shape index (κ2) is 10.2. The van der Waals surface area contributed by atoms with Gasteiger partial charge in [-0.05, 0) is 30.3 Å². The van der Waals surface area contributed by atoms with Crippen LogP contribution in [-0.4, -0.2) is 36.3 Å². The van der Waals surface area contributed by atoms with Crippen molar-refractivity contribution >= 4 is 11.6 Å². The van der Waals surface area contributed by atoms with E-state index in [-0.39, 0.29) is 24.9 Å². The van der Waals surface area contributed by atoms with Crippen molar-refractivity contribution in [3.05, 3.63) is 66.6 Å². The highest BCUT2D eigenvalue weighted by Crippen LogP contribution is 2.33. The molecule has 0 saturated carbocycles. The zero-order valence-corrected chi connectivity index (χ0v) is 16.7. The zero-order chi connectivity index (χ0) is 21.3. The van der Waals surface area contributed by atoms with Crippen LogP contribution in [0.1, 0.15) is 12.5 Å². The van der Waals surface area contributed by atoms with Crippen molar-refractivity contribution in [1.29, 1.82) is 0 Å². The lowest BCUT2D eigenvalue weighted by molar-refractivity contribution is -0.116. The van der Waals surface area contributed by atoms with E-state index in [4.69, 9.17) is 14.2 Å². The third kappa shape index (κ3) is 5.22. The van der Waals surface area contributed by atoms with Crippen molar-refractivity contribution in [2.75, 3.05) is 25.3 Å². The maximum atomic E-state index is 12.6. The van der Waals surface area contributed by atoms with E-state index in [1.165, 1.54) is 24.3 Å². The third-order valence-corrected chi connectivity index (χ3v) is 4.22. The van der Waals surface area contributed by atoms with E-state index in [2.05, 4.69) is 9.97 Å². The number of para-hydroxylation sites is 1. The van der Waals surface area contributed by atoms with E-state index in [0.29, 0.717) is 28.5 Å². The second-order valence-electron chi connectivity index (χ2n) is 6.24. The molecule has 156 valence electrons. The SMILES string of the molecule is COc1ccc(OCCF)c(CN(C(C)=O)c2cncnc2Oc2ccccc2)c1. The largest absolute Gasteiger partial charge is 0.497 e. The molecular formula is C22H22FN3O4. The topological polar surface area (TPSA) is 73.8 Å². The molecule has 0 aliphatic heterocycles. The van der Waals surface area contributed by atoms with Gasteiger partial charge in [0, 0.05) is 12.5 Å². The van der Waals surface area contributed by atoms with Gasteiger partial charge >= 0.3 is 0 Å². The van der Waals surface area contributed by atoms with Gasteiger partial charge in [-0.3, -0.25) is 4.79 Å². The number of hydrogen-bond donors (Lipinski definition) is 0. The Morgan fingerprint density at radius 2 is 1.93 bits per heavy atom. The van der Waals surface area contributed by atoms with Gasteiger partial charge in [0.15, 0.2) is 0 Å². The van der Waals surface area contributed by atoms with Gasteiger partial charge in [0.2, 0.25) is 11.8 Å². The summed E-state index contributed by atoms with van der Waals surface area (Å²) in [6, 6.07) is 14.3. The smallest absolute Gasteiger partial charge is 0.246 e. The molecule has 8 heteroatoms. The Balaban J connectivity index is 1.95. The van der Waals surface area contributed by atoms with Crippen molar-refractivity contribution in [3.8, 4) is 23.1 Å². The summed E-state index contributed by atoms with van der Waals surface area (Å²) in [5.41, 5.74) is 1.04. The number of halogens is 1. The van der Waals surface area contributed by atoms with Crippen LogP contribution in [0.3, 0.4) is 0 Å². The fourth-order valence-electron chi connectivity index (χ4n) is 2.81. The molecule has 0 fully saturated rings. The highest BCUT2D eigenvalue weighted by molar-refractivity contribution is 5.92. The highest BCUT2D eigenvalue weighted by atomic mass is 19.1. The number of aromatic nitrogens is 2. The molecule has 0 atom stereocenters. The number of carbonyl (C=O) groups is 1. The quantitative estimate of drug-likeness (QED) is 0.526. The van der Waals surface area contributed by atoms with Gasteiger partial charge < -0.3 is 19.1 Å². The van der Waals surface area contributed by atoms with Crippen molar-refractivity contribution in [2.24, 2.45) is 0 Å². The van der Waals surface area contributed by atoms with Gasteiger partial charge in [0.1, 0.15) is 42.5 Å². The summed E-state index contributed by atoms with van der Waals surface area (Å²) in [5, 5.41) is 0. The van der Waals surface area contributed by atoms with E-state index < -0.39 is 6.67 Å². The molecule has 0 N–H and O–H groups in total. The fraction of sp³-hybridized carbons (Fsp3) is 0.227. The van der Waals surface area contributed by atoms with Crippen molar-refractivity contribution < 1.29 is 23.4 Å². The standard InChI is InChI=1S/C22H22FN3O4/c1-16(27)26(14-17-12-19(28-2)8-9-21(17)29-11-10-23)20-13-24-15-25-22(20)30-18-6-4-3-5-7-18/h3-9,12-13,15H,10-11,14H2,1-2H3. The molecule has 30 heavy (non-hydrogen) atoms. The average molecular weight is 411 g/mol. The summed E-state index contributed by atoms with van der Waals surface area (Å²) in [6.07, 6.45) is 2.86. The van der Waals surface area contributed by atoms with E-state index in [1.807, 2.05) is 18.2 Å². The van der Waals surface area contributed by atoms with Crippen LogP contribution in [0, 0.1) is 0 Å². The zero-order valence-electron chi connectivity index (χ0n) is 16.7. The first-order chi connectivity index (χ1) is 14.6. The van der Waals surface area contributed by atoms with Crippen LogP contribution in [0.5, 0.6) is 23.1 Å². The monoisotopic (exact) mass is 411 g/mol. The minimum Gasteiger partial charge on any atom is -0.497 e. The van der Waals surface area contributed by atoms with Crippen LogP contribution < -0.4 is 19.1 Å². The number of anilines is 1. The molecule has 1 amide bonds.